The number of aryl methyl sites for hydroxylation is 1. The zero-order valence-electron chi connectivity index (χ0n) is 12.3. The predicted octanol–water partition coefficient (Wildman–Crippen LogP) is 1.88. The topological polar surface area (TPSA) is 84.2 Å². The van der Waals surface area contributed by atoms with Crippen molar-refractivity contribution in [3.8, 4) is 0 Å². The Labute approximate surface area is 119 Å². The molecule has 0 aliphatic rings. The number of aromatic nitrogens is 2. The highest BCUT2D eigenvalue weighted by Gasteiger charge is 2.26. The van der Waals surface area contributed by atoms with E-state index >= 15 is 0 Å². The number of carbonyl (C=O) groups excluding carboxylic acids is 1. The van der Waals surface area contributed by atoms with E-state index in [1.54, 1.807) is 13.2 Å². The molecule has 0 saturated heterocycles. The highest BCUT2D eigenvalue weighted by Crippen LogP contribution is 2.17. The van der Waals surface area contributed by atoms with Crippen molar-refractivity contribution in [2.45, 2.75) is 45.6 Å². The molecule has 0 aliphatic heterocycles. The summed E-state index contributed by atoms with van der Waals surface area (Å²) < 4.78 is 1.52. The molecular formula is C14H23N3O3. The minimum absolute atomic E-state index is 0.122. The van der Waals surface area contributed by atoms with Crippen LogP contribution in [0.3, 0.4) is 0 Å². The average molecular weight is 281 g/mol. The lowest BCUT2D eigenvalue weighted by atomic mass is 9.96. The summed E-state index contributed by atoms with van der Waals surface area (Å²) in [5, 5.41) is 15.8. The number of carbonyl (C=O) groups is 2. The van der Waals surface area contributed by atoms with E-state index < -0.39 is 12.0 Å². The fraction of sp³-hybridized carbons (Fsp3) is 0.643. The zero-order valence-corrected chi connectivity index (χ0v) is 12.3. The van der Waals surface area contributed by atoms with Crippen molar-refractivity contribution in [2.75, 3.05) is 0 Å². The van der Waals surface area contributed by atoms with Crippen LogP contribution in [0.15, 0.2) is 12.4 Å². The smallest absolute Gasteiger partial charge is 0.331 e. The van der Waals surface area contributed by atoms with Gasteiger partial charge in [-0.05, 0) is 12.8 Å². The largest absolute Gasteiger partial charge is 0.479 e. The van der Waals surface area contributed by atoms with Crippen molar-refractivity contribution >= 4 is 11.9 Å². The van der Waals surface area contributed by atoms with Gasteiger partial charge < -0.3 is 10.4 Å². The van der Waals surface area contributed by atoms with Crippen LogP contribution in [-0.2, 0) is 16.6 Å². The van der Waals surface area contributed by atoms with Gasteiger partial charge in [-0.15, -0.1) is 0 Å². The van der Waals surface area contributed by atoms with E-state index in [2.05, 4.69) is 10.4 Å². The van der Waals surface area contributed by atoms with Gasteiger partial charge in [-0.25, -0.2) is 4.79 Å². The molecule has 1 unspecified atom stereocenters. The van der Waals surface area contributed by atoms with Gasteiger partial charge >= 0.3 is 5.97 Å². The number of amides is 1. The van der Waals surface area contributed by atoms with Gasteiger partial charge in [-0.3, -0.25) is 9.48 Å². The highest BCUT2D eigenvalue weighted by molar-refractivity contribution is 5.85. The summed E-state index contributed by atoms with van der Waals surface area (Å²) in [7, 11) is 1.71. The van der Waals surface area contributed by atoms with E-state index in [1.807, 2.05) is 13.8 Å². The lowest BCUT2D eigenvalue weighted by molar-refractivity contribution is -0.142. The van der Waals surface area contributed by atoms with Crippen LogP contribution >= 0.6 is 0 Å². The number of hydrogen-bond donors (Lipinski definition) is 2. The minimum Gasteiger partial charge on any atom is -0.479 e. The third-order valence-corrected chi connectivity index (χ3v) is 3.24. The standard InChI is InChI=1S/C14H23N3O3/c1-4-6-10(7-5-2)13(18)16-12(14(19)20)11-8-15-17(3)9-11/h8-10,12H,4-7H2,1-3H3,(H,16,18)(H,19,20). The number of nitrogens with zero attached hydrogens (tertiary/aromatic N) is 2. The molecule has 6 nitrogen and oxygen atoms in total. The number of rotatable bonds is 8. The molecule has 0 saturated carbocycles. The molecule has 1 rings (SSSR count). The summed E-state index contributed by atoms with van der Waals surface area (Å²) in [6.07, 6.45) is 6.44. The fourth-order valence-corrected chi connectivity index (χ4v) is 2.24. The SMILES string of the molecule is CCCC(CCC)C(=O)NC(C(=O)O)c1cnn(C)c1. The van der Waals surface area contributed by atoms with E-state index in [-0.39, 0.29) is 11.8 Å². The first-order chi connectivity index (χ1) is 9.49. The van der Waals surface area contributed by atoms with Crippen LogP contribution in [0.2, 0.25) is 0 Å². The first-order valence-corrected chi connectivity index (χ1v) is 7.01. The van der Waals surface area contributed by atoms with Gasteiger partial charge in [0.1, 0.15) is 0 Å². The third kappa shape index (κ3) is 4.36. The molecule has 112 valence electrons. The van der Waals surface area contributed by atoms with Crippen LogP contribution in [0.25, 0.3) is 0 Å². The summed E-state index contributed by atoms with van der Waals surface area (Å²) >= 11 is 0. The second-order valence-corrected chi connectivity index (χ2v) is 5.00. The Hall–Kier alpha value is -1.85. The molecule has 20 heavy (non-hydrogen) atoms. The van der Waals surface area contributed by atoms with E-state index in [9.17, 15) is 14.7 Å². The number of carboxylic acids is 1. The molecule has 0 fully saturated rings. The van der Waals surface area contributed by atoms with Crippen molar-refractivity contribution in [1.29, 1.82) is 0 Å². The predicted molar refractivity (Wildman–Crippen MR) is 75.0 cm³/mol. The first-order valence-electron chi connectivity index (χ1n) is 7.01. The molecule has 0 spiro atoms. The van der Waals surface area contributed by atoms with Gasteiger partial charge in [0.05, 0.1) is 6.20 Å². The third-order valence-electron chi connectivity index (χ3n) is 3.24. The maximum atomic E-state index is 12.2. The number of carboxylic acid groups (broad SMARTS) is 1. The molecule has 0 radical (unpaired) electrons. The zero-order chi connectivity index (χ0) is 15.1. The van der Waals surface area contributed by atoms with Crippen molar-refractivity contribution in [2.24, 2.45) is 13.0 Å². The Morgan fingerprint density at radius 3 is 2.35 bits per heavy atom. The Bertz CT molecular complexity index is 450. The molecule has 1 atom stereocenters. The lowest BCUT2D eigenvalue weighted by Crippen LogP contribution is -2.37. The second kappa shape index (κ2) is 7.67. The summed E-state index contributed by atoms with van der Waals surface area (Å²) in [6, 6.07) is -1.03. The van der Waals surface area contributed by atoms with Gasteiger partial charge in [0, 0.05) is 24.7 Å². The maximum Gasteiger partial charge on any atom is 0.331 e. The van der Waals surface area contributed by atoms with Crippen LogP contribution in [-0.4, -0.2) is 26.8 Å². The Balaban J connectivity index is 2.79. The summed E-state index contributed by atoms with van der Waals surface area (Å²) in [4.78, 5) is 23.5. The van der Waals surface area contributed by atoms with Crippen LogP contribution in [0.4, 0.5) is 0 Å². The van der Waals surface area contributed by atoms with Crippen LogP contribution < -0.4 is 5.32 Å². The maximum absolute atomic E-state index is 12.2. The molecule has 0 bridgehead atoms. The van der Waals surface area contributed by atoms with Crippen LogP contribution in [0.5, 0.6) is 0 Å². The first kappa shape index (κ1) is 16.2. The number of nitrogens with one attached hydrogen (secondary N) is 1. The van der Waals surface area contributed by atoms with Crippen molar-refractivity contribution < 1.29 is 14.7 Å². The van der Waals surface area contributed by atoms with E-state index in [4.69, 9.17) is 0 Å². The van der Waals surface area contributed by atoms with Gasteiger partial charge in [0.15, 0.2) is 6.04 Å². The van der Waals surface area contributed by atoms with E-state index in [0.717, 1.165) is 25.7 Å². The molecule has 0 aliphatic carbocycles. The van der Waals surface area contributed by atoms with Crippen LogP contribution in [0, 0.1) is 5.92 Å². The minimum atomic E-state index is -1.07. The molecule has 1 heterocycles. The van der Waals surface area contributed by atoms with Crippen LogP contribution in [0.1, 0.15) is 51.1 Å². The highest BCUT2D eigenvalue weighted by atomic mass is 16.4. The molecule has 0 aromatic carbocycles. The molecule has 1 aromatic rings. The van der Waals surface area contributed by atoms with Crippen molar-refractivity contribution in [3.05, 3.63) is 18.0 Å². The summed E-state index contributed by atoms with van der Waals surface area (Å²) in [5.41, 5.74) is 0.486. The lowest BCUT2D eigenvalue weighted by Gasteiger charge is -2.19. The molecule has 1 aromatic heterocycles. The Kier molecular flexibility index (Phi) is 6.21. The monoisotopic (exact) mass is 281 g/mol. The van der Waals surface area contributed by atoms with E-state index in [1.165, 1.54) is 10.9 Å². The normalized spacial score (nSPS) is 12.4. The van der Waals surface area contributed by atoms with Crippen molar-refractivity contribution in [3.63, 3.8) is 0 Å². The van der Waals surface area contributed by atoms with Gasteiger partial charge in [0.2, 0.25) is 5.91 Å². The Morgan fingerprint density at radius 1 is 1.35 bits per heavy atom. The molecule has 2 N–H and O–H groups in total. The molecule has 1 amide bonds. The average Bonchev–Trinajstić information content (AvgIpc) is 2.81. The molecular weight excluding hydrogens is 258 g/mol. The fourth-order valence-electron chi connectivity index (χ4n) is 2.24. The summed E-state index contributed by atoms with van der Waals surface area (Å²) in [5.74, 6) is -1.38. The summed E-state index contributed by atoms with van der Waals surface area (Å²) in [6.45, 7) is 4.04. The van der Waals surface area contributed by atoms with E-state index in [0.29, 0.717) is 5.56 Å². The Morgan fingerprint density at radius 2 is 1.95 bits per heavy atom. The quantitative estimate of drug-likeness (QED) is 0.762. The number of hydrogen-bond acceptors (Lipinski definition) is 3. The van der Waals surface area contributed by atoms with Gasteiger partial charge in [-0.1, -0.05) is 26.7 Å². The number of aliphatic carboxylic acids is 1. The second-order valence-electron chi connectivity index (χ2n) is 5.00. The molecule has 6 heteroatoms. The van der Waals surface area contributed by atoms with Gasteiger partial charge in [0.25, 0.3) is 0 Å². The van der Waals surface area contributed by atoms with Crippen molar-refractivity contribution in [1.82, 2.24) is 15.1 Å². The van der Waals surface area contributed by atoms with Gasteiger partial charge in [-0.2, -0.15) is 5.10 Å².